The number of pyridine rings is 1. The minimum atomic E-state index is -1.01. The van der Waals surface area contributed by atoms with E-state index in [1.54, 1.807) is 0 Å². The lowest BCUT2D eigenvalue weighted by Crippen LogP contribution is -2.43. The Balaban J connectivity index is 1.90. The van der Waals surface area contributed by atoms with Crippen molar-refractivity contribution in [2.45, 2.75) is 37.8 Å². The molecule has 2 rings (SSSR count). The van der Waals surface area contributed by atoms with Crippen LogP contribution in [0.25, 0.3) is 0 Å². The number of nitrogens with zero attached hydrogens (tertiary/aromatic N) is 1. The van der Waals surface area contributed by atoms with Gasteiger partial charge in [-0.3, -0.25) is 4.79 Å². The molecule has 1 fully saturated rings. The van der Waals surface area contributed by atoms with Crippen LogP contribution in [0.5, 0.6) is 0 Å². The summed E-state index contributed by atoms with van der Waals surface area (Å²) < 4.78 is 0. The number of carboxylic acid groups (broad SMARTS) is 1. The maximum absolute atomic E-state index is 12.1. The van der Waals surface area contributed by atoms with Crippen molar-refractivity contribution < 1.29 is 14.7 Å². The standard InChI is InChI=1S/C13H15Cl2N3O3/c14-7-5-10(11(15)16-6-7)12(19)17-8-1-3-9(4-2-8)18-13(20)21/h5-6,8-9,18H,1-4H2,(H,17,19)(H,20,21). The van der Waals surface area contributed by atoms with Gasteiger partial charge in [-0.05, 0) is 31.7 Å². The first-order chi connectivity index (χ1) is 9.95. The molecule has 0 spiro atoms. The second kappa shape index (κ2) is 6.95. The lowest BCUT2D eigenvalue weighted by molar-refractivity contribution is 0.0923. The number of hydrogen-bond donors (Lipinski definition) is 3. The first-order valence-electron chi connectivity index (χ1n) is 6.57. The Bertz CT molecular complexity index is 545. The SMILES string of the molecule is O=C(O)NC1CCC(NC(=O)c2cc(Cl)cnc2Cl)CC1. The second-order valence-electron chi connectivity index (χ2n) is 4.96. The van der Waals surface area contributed by atoms with Gasteiger partial charge in [-0.1, -0.05) is 23.2 Å². The van der Waals surface area contributed by atoms with Crippen LogP contribution >= 0.6 is 23.2 Å². The van der Waals surface area contributed by atoms with E-state index in [1.807, 2.05) is 0 Å². The first-order valence-corrected chi connectivity index (χ1v) is 7.32. The van der Waals surface area contributed by atoms with Gasteiger partial charge in [0.2, 0.25) is 0 Å². The molecular weight excluding hydrogens is 317 g/mol. The van der Waals surface area contributed by atoms with E-state index < -0.39 is 6.09 Å². The van der Waals surface area contributed by atoms with Gasteiger partial charge >= 0.3 is 6.09 Å². The molecule has 1 aliphatic carbocycles. The van der Waals surface area contributed by atoms with Crippen molar-refractivity contribution in [1.82, 2.24) is 15.6 Å². The molecule has 0 atom stereocenters. The molecule has 0 saturated heterocycles. The van der Waals surface area contributed by atoms with Crippen molar-refractivity contribution in [3.8, 4) is 0 Å². The molecule has 1 heterocycles. The Morgan fingerprint density at radius 3 is 2.29 bits per heavy atom. The van der Waals surface area contributed by atoms with Gasteiger partial charge in [-0.25, -0.2) is 9.78 Å². The fraction of sp³-hybridized carbons (Fsp3) is 0.462. The topological polar surface area (TPSA) is 91.3 Å². The number of carbonyl (C=O) groups is 2. The summed E-state index contributed by atoms with van der Waals surface area (Å²) in [7, 11) is 0. The van der Waals surface area contributed by atoms with Crippen LogP contribution in [0, 0.1) is 0 Å². The van der Waals surface area contributed by atoms with E-state index in [2.05, 4.69) is 15.6 Å². The summed E-state index contributed by atoms with van der Waals surface area (Å²) >= 11 is 11.7. The summed E-state index contributed by atoms with van der Waals surface area (Å²) in [5, 5.41) is 14.5. The number of hydrogen-bond acceptors (Lipinski definition) is 3. The van der Waals surface area contributed by atoms with Crippen molar-refractivity contribution >= 4 is 35.2 Å². The maximum Gasteiger partial charge on any atom is 0.404 e. The summed E-state index contributed by atoms with van der Waals surface area (Å²) in [4.78, 5) is 26.5. The predicted octanol–water partition coefficient (Wildman–Crippen LogP) is 2.70. The molecule has 0 aromatic carbocycles. The van der Waals surface area contributed by atoms with Gasteiger partial charge < -0.3 is 15.7 Å². The maximum atomic E-state index is 12.1. The van der Waals surface area contributed by atoms with Crippen molar-refractivity contribution in [3.05, 3.63) is 28.0 Å². The quantitative estimate of drug-likeness (QED) is 0.742. The zero-order valence-electron chi connectivity index (χ0n) is 11.1. The molecular formula is C13H15Cl2N3O3. The van der Waals surface area contributed by atoms with Crippen molar-refractivity contribution in [2.24, 2.45) is 0 Å². The van der Waals surface area contributed by atoms with E-state index in [-0.39, 0.29) is 28.7 Å². The third-order valence-electron chi connectivity index (χ3n) is 3.44. The van der Waals surface area contributed by atoms with E-state index in [9.17, 15) is 9.59 Å². The summed E-state index contributed by atoms with van der Waals surface area (Å²) in [6.45, 7) is 0. The summed E-state index contributed by atoms with van der Waals surface area (Å²) in [6, 6.07) is 1.43. The normalized spacial score (nSPS) is 21.6. The van der Waals surface area contributed by atoms with Crippen LogP contribution in [0.15, 0.2) is 12.3 Å². The van der Waals surface area contributed by atoms with Crippen molar-refractivity contribution in [2.75, 3.05) is 0 Å². The predicted molar refractivity (Wildman–Crippen MR) is 78.9 cm³/mol. The number of aromatic nitrogens is 1. The van der Waals surface area contributed by atoms with Crippen LogP contribution in [0.2, 0.25) is 10.2 Å². The van der Waals surface area contributed by atoms with Crippen LogP contribution in [-0.4, -0.2) is 34.2 Å². The number of nitrogens with one attached hydrogen (secondary N) is 2. The smallest absolute Gasteiger partial charge is 0.404 e. The van der Waals surface area contributed by atoms with Gasteiger partial charge in [-0.15, -0.1) is 0 Å². The molecule has 6 nitrogen and oxygen atoms in total. The lowest BCUT2D eigenvalue weighted by Gasteiger charge is -2.28. The Kier molecular flexibility index (Phi) is 5.25. The second-order valence-corrected chi connectivity index (χ2v) is 5.76. The minimum absolute atomic E-state index is 0.000562. The molecule has 114 valence electrons. The van der Waals surface area contributed by atoms with E-state index >= 15 is 0 Å². The zero-order chi connectivity index (χ0) is 15.4. The van der Waals surface area contributed by atoms with Gasteiger partial charge in [-0.2, -0.15) is 0 Å². The van der Waals surface area contributed by atoms with Gasteiger partial charge in [0.25, 0.3) is 5.91 Å². The van der Waals surface area contributed by atoms with Crippen LogP contribution in [-0.2, 0) is 0 Å². The van der Waals surface area contributed by atoms with E-state index in [0.717, 1.165) is 0 Å². The monoisotopic (exact) mass is 331 g/mol. The highest BCUT2D eigenvalue weighted by Gasteiger charge is 2.24. The van der Waals surface area contributed by atoms with Crippen LogP contribution < -0.4 is 10.6 Å². The molecule has 0 aliphatic heterocycles. The molecule has 0 radical (unpaired) electrons. The Labute approximate surface area is 131 Å². The third kappa shape index (κ3) is 4.47. The number of amides is 2. The van der Waals surface area contributed by atoms with Crippen LogP contribution in [0.1, 0.15) is 36.0 Å². The highest BCUT2D eigenvalue weighted by molar-refractivity contribution is 6.34. The Morgan fingerprint density at radius 1 is 1.14 bits per heavy atom. The number of rotatable bonds is 3. The fourth-order valence-electron chi connectivity index (χ4n) is 2.40. The summed E-state index contributed by atoms with van der Waals surface area (Å²) in [5.74, 6) is -0.315. The molecule has 21 heavy (non-hydrogen) atoms. The van der Waals surface area contributed by atoms with Gasteiger partial charge in [0.15, 0.2) is 0 Å². The molecule has 1 aromatic heterocycles. The lowest BCUT2D eigenvalue weighted by atomic mass is 9.91. The molecule has 8 heteroatoms. The Morgan fingerprint density at radius 2 is 1.71 bits per heavy atom. The molecule has 3 N–H and O–H groups in total. The van der Waals surface area contributed by atoms with E-state index in [0.29, 0.717) is 30.7 Å². The van der Waals surface area contributed by atoms with E-state index in [1.165, 1.54) is 12.3 Å². The molecule has 0 unspecified atom stereocenters. The average Bonchev–Trinajstić information content (AvgIpc) is 2.43. The third-order valence-corrected chi connectivity index (χ3v) is 3.95. The van der Waals surface area contributed by atoms with Crippen molar-refractivity contribution in [1.29, 1.82) is 0 Å². The van der Waals surface area contributed by atoms with Crippen molar-refractivity contribution in [3.63, 3.8) is 0 Å². The van der Waals surface area contributed by atoms with Gasteiger partial charge in [0, 0.05) is 18.3 Å². The molecule has 0 bridgehead atoms. The highest BCUT2D eigenvalue weighted by Crippen LogP contribution is 2.21. The number of halogens is 2. The number of carbonyl (C=O) groups excluding carboxylic acids is 1. The van der Waals surface area contributed by atoms with Crippen LogP contribution in [0.3, 0.4) is 0 Å². The largest absolute Gasteiger partial charge is 0.465 e. The average molecular weight is 332 g/mol. The molecule has 1 aliphatic rings. The van der Waals surface area contributed by atoms with Gasteiger partial charge in [0.1, 0.15) is 5.15 Å². The van der Waals surface area contributed by atoms with E-state index in [4.69, 9.17) is 28.3 Å². The fourth-order valence-corrected chi connectivity index (χ4v) is 2.75. The Hall–Kier alpha value is -1.53. The zero-order valence-corrected chi connectivity index (χ0v) is 12.6. The highest BCUT2D eigenvalue weighted by atomic mass is 35.5. The molecule has 1 aromatic rings. The van der Waals surface area contributed by atoms with Gasteiger partial charge in [0.05, 0.1) is 10.6 Å². The molecule has 2 amide bonds. The van der Waals surface area contributed by atoms with Crippen LogP contribution in [0.4, 0.5) is 4.79 Å². The first kappa shape index (κ1) is 15.9. The summed E-state index contributed by atoms with van der Waals surface area (Å²) in [5.41, 5.74) is 0.245. The summed E-state index contributed by atoms with van der Waals surface area (Å²) in [6.07, 6.45) is 3.17. The minimum Gasteiger partial charge on any atom is -0.465 e. The molecule has 1 saturated carbocycles.